The number of hydrogen-bond donors (Lipinski definition) is 2. The van der Waals surface area contributed by atoms with Gasteiger partial charge in [-0.25, -0.2) is 0 Å². The van der Waals surface area contributed by atoms with Crippen LogP contribution in [0.1, 0.15) is 57.6 Å². The van der Waals surface area contributed by atoms with Gasteiger partial charge in [0.05, 0.1) is 0 Å². The molecule has 0 unspecified atom stereocenters. The van der Waals surface area contributed by atoms with Crippen molar-refractivity contribution in [2.75, 3.05) is 4.98 Å². The van der Waals surface area contributed by atoms with E-state index in [2.05, 4.69) is 75.1 Å². The van der Waals surface area contributed by atoms with E-state index in [9.17, 15) is 0 Å². The number of anilines is 1. The van der Waals surface area contributed by atoms with Crippen LogP contribution in [0, 0.1) is 5.41 Å². The van der Waals surface area contributed by atoms with Crippen LogP contribution in [0.25, 0.3) is 0 Å². The Kier molecular flexibility index (Phi) is 5.78. The topological polar surface area (TPSA) is 35.9 Å². The standard InChI is InChI=1S/C20H27N2Si/c1-14(2)18-12-9-13-19(15(3)4)20(18)22-23(16(5)21)17-10-7-6-8-11-17/h6-15,21-22H,1-5H3. The molecule has 0 fully saturated rings. The Bertz CT molecular complexity index is 636. The van der Waals surface area contributed by atoms with E-state index in [0.29, 0.717) is 11.8 Å². The Hall–Kier alpha value is -1.87. The molecule has 2 aromatic carbocycles. The maximum atomic E-state index is 8.28. The summed E-state index contributed by atoms with van der Waals surface area (Å²) in [5, 5.41) is 10.2. The van der Waals surface area contributed by atoms with Crippen LogP contribution in [-0.4, -0.2) is 14.3 Å². The molecule has 0 aliphatic rings. The Balaban J connectivity index is 2.49. The summed E-state index contributed by atoms with van der Waals surface area (Å²) in [5.41, 5.74) is 3.92. The van der Waals surface area contributed by atoms with Gasteiger partial charge in [0.2, 0.25) is 0 Å². The molecule has 121 valence electrons. The van der Waals surface area contributed by atoms with Gasteiger partial charge in [0.25, 0.3) is 8.96 Å². The minimum absolute atomic E-state index is 0.460. The fourth-order valence-electron chi connectivity index (χ4n) is 2.81. The average Bonchev–Trinajstić information content (AvgIpc) is 2.52. The summed E-state index contributed by atoms with van der Waals surface area (Å²) in [4.78, 5) is 3.77. The van der Waals surface area contributed by atoms with Gasteiger partial charge in [-0.05, 0) is 35.1 Å². The first-order valence-corrected chi connectivity index (χ1v) is 9.79. The highest BCUT2D eigenvalue weighted by Gasteiger charge is 2.22. The first kappa shape index (κ1) is 17.5. The molecule has 3 heteroatoms. The Labute approximate surface area is 142 Å². The van der Waals surface area contributed by atoms with Crippen molar-refractivity contribution in [2.45, 2.75) is 46.5 Å². The van der Waals surface area contributed by atoms with Crippen molar-refractivity contribution >= 4 is 25.2 Å². The van der Waals surface area contributed by atoms with E-state index in [4.69, 9.17) is 5.41 Å². The fraction of sp³-hybridized carbons (Fsp3) is 0.350. The van der Waals surface area contributed by atoms with Crippen molar-refractivity contribution in [1.29, 1.82) is 5.41 Å². The van der Waals surface area contributed by atoms with Crippen molar-refractivity contribution in [2.24, 2.45) is 0 Å². The maximum Gasteiger partial charge on any atom is 0.253 e. The Morgan fingerprint density at radius 1 is 0.870 bits per heavy atom. The summed E-state index contributed by atoms with van der Waals surface area (Å²) in [5.74, 6) is 0.919. The van der Waals surface area contributed by atoms with Crippen LogP contribution in [0.3, 0.4) is 0 Å². The minimum atomic E-state index is -1.27. The molecule has 2 nitrogen and oxygen atoms in total. The smallest absolute Gasteiger partial charge is 0.253 e. The lowest BCUT2D eigenvalue weighted by atomic mass is 9.93. The second-order valence-corrected chi connectivity index (χ2v) is 8.94. The molecule has 0 aliphatic carbocycles. The van der Waals surface area contributed by atoms with Crippen molar-refractivity contribution < 1.29 is 0 Å². The van der Waals surface area contributed by atoms with E-state index in [1.165, 1.54) is 22.0 Å². The second kappa shape index (κ2) is 7.60. The Morgan fingerprint density at radius 3 is 1.83 bits per heavy atom. The van der Waals surface area contributed by atoms with Gasteiger partial charge in [-0.3, -0.25) is 0 Å². The molecule has 1 radical (unpaired) electrons. The molecule has 0 aromatic heterocycles. The zero-order valence-corrected chi connectivity index (χ0v) is 15.8. The lowest BCUT2D eigenvalue weighted by Gasteiger charge is -2.25. The highest BCUT2D eigenvalue weighted by Crippen LogP contribution is 2.32. The van der Waals surface area contributed by atoms with Gasteiger partial charge in [0.1, 0.15) is 0 Å². The van der Waals surface area contributed by atoms with Gasteiger partial charge in [-0.15, -0.1) is 0 Å². The van der Waals surface area contributed by atoms with Crippen LogP contribution in [-0.2, 0) is 0 Å². The summed E-state index contributed by atoms with van der Waals surface area (Å²) >= 11 is 0. The number of para-hydroxylation sites is 1. The molecule has 2 N–H and O–H groups in total. The molecule has 0 bridgehead atoms. The lowest BCUT2D eigenvalue weighted by molar-refractivity contribution is 0.839. The quantitative estimate of drug-likeness (QED) is 0.580. The highest BCUT2D eigenvalue weighted by atomic mass is 28.3. The molecule has 0 saturated heterocycles. The molecular weight excluding hydrogens is 296 g/mol. The summed E-state index contributed by atoms with van der Waals surface area (Å²) in [6.07, 6.45) is 0. The fourth-order valence-corrected chi connectivity index (χ4v) is 4.64. The van der Waals surface area contributed by atoms with Crippen molar-refractivity contribution in [3.63, 3.8) is 0 Å². The summed E-state index contributed by atoms with van der Waals surface area (Å²) < 4.78 is 0. The van der Waals surface area contributed by atoms with Crippen molar-refractivity contribution in [1.82, 2.24) is 0 Å². The molecular formula is C20H27N2Si. The molecule has 0 amide bonds. The normalized spacial score (nSPS) is 11.3. The number of rotatable bonds is 6. The summed E-state index contributed by atoms with van der Waals surface area (Å²) in [6.45, 7) is 10.8. The van der Waals surface area contributed by atoms with Gasteiger partial charge in [-0.1, -0.05) is 76.2 Å². The zero-order valence-electron chi connectivity index (χ0n) is 14.8. The first-order valence-electron chi connectivity index (χ1n) is 8.29. The molecule has 0 spiro atoms. The largest absolute Gasteiger partial charge is 0.402 e. The monoisotopic (exact) mass is 323 g/mol. The highest BCUT2D eigenvalue weighted by molar-refractivity contribution is 7.01. The molecule has 0 atom stereocenters. The predicted molar refractivity (Wildman–Crippen MR) is 103 cm³/mol. The van der Waals surface area contributed by atoms with Crippen molar-refractivity contribution in [3.8, 4) is 0 Å². The van der Waals surface area contributed by atoms with Crippen LogP contribution in [0.4, 0.5) is 5.69 Å². The predicted octanol–water partition coefficient (Wildman–Crippen LogP) is 4.82. The molecule has 0 saturated carbocycles. The zero-order chi connectivity index (χ0) is 17.0. The lowest BCUT2D eigenvalue weighted by Crippen LogP contribution is -2.45. The van der Waals surface area contributed by atoms with Crippen LogP contribution in [0.5, 0.6) is 0 Å². The van der Waals surface area contributed by atoms with Crippen LogP contribution >= 0.6 is 0 Å². The number of nitrogens with one attached hydrogen (secondary N) is 2. The van der Waals surface area contributed by atoms with E-state index >= 15 is 0 Å². The average molecular weight is 324 g/mol. The second-order valence-electron chi connectivity index (χ2n) is 6.61. The summed E-state index contributed by atoms with van der Waals surface area (Å²) in [6, 6.07) is 17.0. The van der Waals surface area contributed by atoms with Crippen LogP contribution in [0.2, 0.25) is 0 Å². The first-order chi connectivity index (χ1) is 10.9. The SMILES string of the molecule is CC(=N)[Si](Nc1c(C(C)C)cccc1C(C)C)c1ccccc1. The van der Waals surface area contributed by atoms with Gasteiger partial charge < -0.3 is 10.4 Å². The van der Waals surface area contributed by atoms with Gasteiger partial charge in [-0.2, -0.15) is 0 Å². The molecule has 0 aliphatic heterocycles. The van der Waals surface area contributed by atoms with E-state index in [1.54, 1.807) is 0 Å². The number of benzene rings is 2. The van der Waals surface area contributed by atoms with E-state index < -0.39 is 8.96 Å². The maximum absolute atomic E-state index is 8.28. The van der Waals surface area contributed by atoms with Gasteiger partial charge in [0.15, 0.2) is 0 Å². The third-order valence-electron chi connectivity index (χ3n) is 4.06. The van der Waals surface area contributed by atoms with E-state index in [0.717, 1.165) is 5.33 Å². The molecule has 2 rings (SSSR count). The van der Waals surface area contributed by atoms with Crippen LogP contribution in [0.15, 0.2) is 48.5 Å². The van der Waals surface area contributed by atoms with Gasteiger partial charge >= 0.3 is 0 Å². The van der Waals surface area contributed by atoms with Crippen LogP contribution < -0.4 is 10.2 Å². The molecule has 23 heavy (non-hydrogen) atoms. The third kappa shape index (κ3) is 4.11. The third-order valence-corrected chi connectivity index (χ3v) is 6.22. The van der Waals surface area contributed by atoms with E-state index in [1.807, 2.05) is 13.0 Å². The van der Waals surface area contributed by atoms with Gasteiger partial charge in [0, 0.05) is 11.0 Å². The minimum Gasteiger partial charge on any atom is -0.402 e. The number of hydrogen-bond acceptors (Lipinski definition) is 2. The molecule has 2 aromatic rings. The van der Waals surface area contributed by atoms with E-state index in [-0.39, 0.29) is 0 Å². The summed E-state index contributed by atoms with van der Waals surface area (Å²) in [7, 11) is -1.27. The Morgan fingerprint density at radius 2 is 1.39 bits per heavy atom. The molecule has 0 heterocycles. The van der Waals surface area contributed by atoms with Crippen molar-refractivity contribution in [3.05, 3.63) is 59.7 Å².